The molecule has 0 spiro atoms. The highest BCUT2D eigenvalue weighted by molar-refractivity contribution is 5.83. The number of piperazine rings is 1. The van der Waals surface area contributed by atoms with E-state index in [0.29, 0.717) is 26.2 Å². The summed E-state index contributed by atoms with van der Waals surface area (Å²) in [5.41, 5.74) is 0.925. The first-order chi connectivity index (χ1) is 11.5. The molecule has 1 fully saturated rings. The molecule has 1 saturated heterocycles. The maximum Gasteiger partial charge on any atom is 0.407 e. The molecule has 1 aliphatic heterocycles. The average Bonchev–Trinajstić information content (AvgIpc) is 2.56. The van der Waals surface area contributed by atoms with Gasteiger partial charge in [-0.3, -0.25) is 9.69 Å². The lowest BCUT2D eigenvalue weighted by atomic mass is 10.0. The first-order valence-corrected chi connectivity index (χ1v) is 8.10. The van der Waals surface area contributed by atoms with Gasteiger partial charge in [0.15, 0.2) is 0 Å². The van der Waals surface area contributed by atoms with Gasteiger partial charge in [0, 0.05) is 39.3 Å². The Morgan fingerprint density at radius 3 is 2.58 bits per heavy atom. The van der Waals surface area contributed by atoms with E-state index < -0.39 is 12.1 Å². The molecule has 6 heteroatoms. The van der Waals surface area contributed by atoms with Crippen molar-refractivity contribution in [3.05, 3.63) is 48.6 Å². The fourth-order valence-electron chi connectivity index (χ4n) is 3.14. The number of nitrogens with zero attached hydrogens (tertiary/aromatic N) is 3. The van der Waals surface area contributed by atoms with E-state index in [-0.39, 0.29) is 11.9 Å². The van der Waals surface area contributed by atoms with Gasteiger partial charge in [-0.05, 0) is 12.5 Å². The predicted octanol–water partition coefficient (Wildman–Crippen LogP) is 2.06. The van der Waals surface area contributed by atoms with Crippen LogP contribution in [-0.4, -0.2) is 71.1 Å². The smallest absolute Gasteiger partial charge is 0.407 e. The van der Waals surface area contributed by atoms with Crippen LogP contribution in [0.15, 0.2) is 43.0 Å². The highest BCUT2D eigenvalue weighted by atomic mass is 16.4. The van der Waals surface area contributed by atoms with Crippen molar-refractivity contribution in [2.24, 2.45) is 0 Å². The Kier molecular flexibility index (Phi) is 5.98. The molecule has 1 N–H and O–H groups in total. The summed E-state index contributed by atoms with van der Waals surface area (Å²) in [6.45, 7) is 7.50. The standard InChI is InChI=1S/C18H25N3O3/c1-4-10-19(3)17(22)16(15-8-6-5-7-9-15)20-11-12-21(18(23)24)14(2)13-20/h4-9,14,16H,1,10-13H2,2-3H3,(H,23,24)/t14-,16+/m1/s1. The summed E-state index contributed by atoms with van der Waals surface area (Å²) in [5, 5.41) is 9.24. The van der Waals surface area contributed by atoms with E-state index in [0.717, 1.165) is 5.56 Å². The fourth-order valence-corrected chi connectivity index (χ4v) is 3.14. The quantitative estimate of drug-likeness (QED) is 0.839. The Labute approximate surface area is 143 Å². The normalized spacial score (nSPS) is 19.6. The van der Waals surface area contributed by atoms with Crippen LogP contribution in [0.3, 0.4) is 0 Å². The third-order valence-electron chi connectivity index (χ3n) is 4.40. The van der Waals surface area contributed by atoms with Crippen LogP contribution in [0.25, 0.3) is 0 Å². The lowest BCUT2D eigenvalue weighted by molar-refractivity contribution is -0.136. The second-order valence-electron chi connectivity index (χ2n) is 6.14. The van der Waals surface area contributed by atoms with Gasteiger partial charge in [0.05, 0.1) is 0 Å². The van der Waals surface area contributed by atoms with Crippen LogP contribution in [0.4, 0.5) is 4.79 Å². The van der Waals surface area contributed by atoms with E-state index in [1.54, 1.807) is 18.0 Å². The summed E-state index contributed by atoms with van der Waals surface area (Å²) >= 11 is 0. The third kappa shape index (κ3) is 3.94. The number of carbonyl (C=O) groups is 2. The van der Waals surface area contributed by atoms with Crippen molar-refractivity contribution < 1.29 is 14.7 Å². The molecule has 0 aromatic heterocycles. The van der Waals surface area contributed by atoms with Gasteiger partial charge < -0.3 is 14.9 Å². The number of carboxylic acid groups (broad SMARTS) is 1. The second-order valence-corrected chi connectivity index (χ2v) is 6.14. The highest BCUT2D eigenvalue weighted by Gasteiger charge is 2.35. The summed E-state index contributed by atoms with van der Waals surface area (Å²) in [7, 11) is 1.76. The van der Waals surface area contributed by atoms with E-state index in [1.165, 1.54) is 4.90 Å². The Morgan fingerprint density at radius 1 is 1.38 bits per heavy atom. The zero-order chi connectivity index (χ0) is 17.7. The lowest BCUT2D eigenvalue weighted by Gasteiger charge is -2.42. The predicted molar refractivity (Wildman–Crippen MR) is 92.8 cm³/mol. The molecule has 0 bridgehead atoms. The van der Waals surface area contributed by atoms with E-state index in [2.05, 4.69) is 11.5 Å². The van der Waals surface area contributed by atoms with Crippen molar-refractivity contribution in [1.82, 2.24) is 14.7 Å². The highest BCUT2D eigenvalue weighted by Crippen LogP contribution is 2.26. The molecule has 2 amide bonds. The van der Waals surface area contributed by atoms with Gasteiger partial charge in [-0.25, -0.2) is 4.79 Å². The van der Waals surface area contributed by atoms with Crippen molar-refractivity contribution in [2.75, 3.05) is 33.2 Å². The molecule has 0 unspecified atom stereocenters. The maximum absolute atomic E-state index is 13.0. The van der Waals surface area contributed by atoms with Crippen molar-refractivity contribution in [3.8, 4) is 0 Å². The zero-order valence-electron chi connectivity index (χ0n) is 14.3. The lowest BCUT2D eigenvalue weighted by Crippen LogP contribution is -2.56. The molecule has 1 aliphatic rings. The molecule has 1 aromatic carbocycles. The van der Waals surface area contributed by atoms with Crippen LogP contribution >= 0.6 is 0 Å². The van der Waals surface area contributed by atoms with Crippen LogP contribution < -0.4 is 0 Å². The molecule has 1 heterocycles. The summed E-state index contributed by atoms with van der Waals surface area (Å²) < 4.78 is 0. The minimum absolute atomic E-state index is 0.00271. The van der Waals surface area contributed by atoms with Crippen molar-refractivity contribution in [1.29, 1.82) is 0 Å². The van der Waals surface area contributed by atoms with Crippen LogP contribution in [0.5, 0.6) is 0 Å². The van der Waals surface area contributed by atoms with Crippen molar-refractivity contribution in [3.63, 3.8) is 0 Å². The van der Waals surface area contributed by atoms with Crippen molar-refractivity contribution >= 4 is 12.0 Å². The van der Waals surface area contributed by atoms with Crippen LogP contribution in [0.2, 0.25) is 0 Å². The maximum atomic E-state index is 13.0. The second kappa shape index (κ2) is 7.97. The Balaban J connectivity index is 2.25. The summed E-state index contributed by atoms with van der Waals surface area (Å²) in [6, 6.07) is 9.08. The van der Waals surface area contributed by atoms with Crippen LogP contribution in [-0.2, 0) is 4.79 Å². The molecular weight excluding hydrogens is 306 g/mol. The van der Waals surface area contributed by atoms with E-state index in [9.17, 15) is 14.7 Å². The number of amides is 2. The minimum atomic E-state index is -0.909. The number of hydrogen-bond donors (Lipinski definition) is 1. The first kappa shape index (κ1) is 18.0. The molecule has 0 aliphatic carbocycles. The van der Waals surface area contributed by atoms with Gasteiger partial charge >= 0.3 is 6.09 Å². The summed E-state index contributed by atoms with van der Waals surface area (Å²) in [6.07, 6.45) is 0.791. The minimum Gasteiger partial charge on any atom is -0.465 e. The molecule has 1 aromatic rings. The van der Waals surface area contributed by atoms with E-state index in [1.807, 2.05) is 37.3 Å². The monoisotopic (exact) mass is 331 g/mol. The topological polar surface area (TPSA) is 64.1 Å². The Morgan fingerprint density at radius 2 is 2.04 bits per heavy atom. The summed E-state index contributed by atoms with van der Waals surface area (Å²) in [5.74, 6) is -0.00271. The average molecular weight is 331 g/mol. The number of benzene rings is 1. The first-order valence-electron chi connectivity index (χ1n) is 8.10. The van der Waals surface area contributed by atoms with Crippen LogP contribution in [0.1, 0.15) is 18.5 Å². The van der Waals surface area contributed by atoms with E-state index >= 15 is 0 Å². The Hall–Kier alpha value is -2.34. The molecule has 2 atom stereocenters. The van der Waals surface area contributed by atoms with Gasteiger partial charge in [0.1, 0.15) is 6.04 Å². The van der Waals surface area contributed by atoms with Gasteiger partial charge in [-0.2, -0.15) is 0 Å². The number of likely N-dealkylation sites (N-methyl/N-ethyl adjacent to an activating group) is 1. The SMILES string of the molecule is C=CCN(C)C(=O)[C@H](c1ccccc1)N1CCN(C(=O)O)[C@H](C)C1. The van der Waals surface area contributed by atoms with Gasteiger partial charge in [0.25, 0.3) is 0 Å². The molecule has 6 nitrogen and oxygen atoms in total. The van der Waals surface area contributed by atoms with Crippen LogP contribution in [0, 0.1) is 0 Å². The largest absolute Gasteiger partial charge is 0.465 e. The fraction of sp³-hybridized carbons (Fsp3) is 0.444. The van der Waals surface area contributed by atoms with Gasteiger partial charge in [-0.1, -0.05) is 36.4 Å². The molecule has 0 radical (unpaired) electrons. The molecule has 24 heavy (non-hydrogen) atoms. The molecule has 0 saturated carbocycles. The van der Waals surface area contributed by atoms with E-state index in [4.69, 9.17) is 0 Å². The zero-order valence-corrected chi connectivity index (χ0v) is 14.3. The Bertz CT molecular complexity index is 590. The number of rotatable bonds is 5. The number of hydrogen-bond acceptors (Lipinski definition) is 3. The molecule has 130 valence electrons. The van der Waals surface area contributed by atoms with Crippen molar-refractivity contribution in [2.45, 2.75) is 19.0 Å². The van der Waals surface area contributed by atoms with Gasteiger partial charge in [0.2, 0.25) is 5.91 Å². The summed E-state index contributed by atoms with van der Waals surface area (Å²) in [4.78, 5) is 29.4. The molecular formula is C18H25N3O3. The number of carbonyl (C=O) groups excluding carboxylic acids is 1. The molecule has 2 rings (SSSR count). The van der Waals surface area contributed by atoms with Gasteiger partial charge in [-0.15, -0.1) is 6.58 Å². The third-order valence-corrected chi connectivity index (χ3v) is 4.40.